The molecule has 1 fully saturated rings. The van der Waals surface area contributed by atoms with E-state index in [-0.39, 0.29) is 5.41 Å². The van der Waals surface area contributed by atoms with Crippen LogP contribution in [-0.4, -0.2) is 37.4 Å². The monoisotopic (exact) mass is 398 g/mol. The minimum absolute atomic E-state index is 0.0524. The van der Waals surface area contributed by atoms with Crippen LogP contribution in [0.3, 0.4) is 0 Å². The molecule has 2 heterocycles. The molecule has 1 aliphatic heterocycles. The number of aliphatic imine (C=N–C) groups is 1. The molecule has 0 bridgehead atoms. The van der Waals surface area contributed by atoms with Crippen LogP contribution in [0.2, 0.25) is 0 Å². The van der Waals surface area contributed by atoms with Gasteiger partial charge in [0.1, 0.15) is 6.54 Å². The Kier molecular flexibility index (Phi) is 7.31. The van der Waals surface area contributed by atoms with E-state index >= 15 is 0 Å². The maximum Gasteiger partial charge on any atom is 0.191 e. The fraction of sp³-hybridized carbons (Fsp3) is 0.565. The number of rotatable bonds is 7. The van der Waals surface area contributed by atoms with E-state index in [2.05, 4.69) is 67.8 Å². The molecule has 1 aromatic carbocycles. The third-order valence-electron chi connectivity index (χ3n) is 5.67. The van der Waals surface area contributed by atoms with Crippen molar-refractivity contribution in [2.45, 2.75) is 58.4 Å². The summed E-state index contributed by atoms with van der Waals surface area (Å²) in [5, 5.41) is 11.0. The Bertz CT molecular complexity index is 807. The molecule has 6 heteroatoms. The number of aromatic nitrogens is 1. The largest absolute Gasteiger partial charge is 0.381 e. The molecule has 0 radical (unpaired) electrons. The molecule has 2 N–H and O–H groups in total. The Hall–Kier alpha value is -2.34. The van der Waals surface area contributed by atoms with Gasteiger partial charge in [0, 0.05) is 37.8 Å². The Labute approximate surface area is 174 Å². The average Bonchev–Trinajstić information content (AvgIpc) is 3.20. The van der Waals surface area contributed by atoms with Crippen molar-refractivity contribution >= 4 is 5.96 Å². The zero-order valence-corrected chi connectivity index (χ0v) is 18.1. The van der Waals surface area contributed by atoms with E-state index in [1.54, 1.807) is 0 Å². The third kappa shape index (κ3) is 5.38. The SMILES string of the molecule is CCNC(=NCc1cc(C(C)C)no1)NCC1(c2ccccc2C)CCOCC1. The van der Waals surface area contributed by atoms with Crippen LogP contribution in [0.5, 0.6) is 0 Å². The van der Waals surface area contributed by atoms with E-state index in [0.29, 0.717) is 12.5 Å². The molecule has 1 aromatic heterocycles. The van der Waals surface area contributed by atoms with Gasteiger partial charge in [0.15, 0.2) is 11.7 Å². The molecule has 2 aromatic rings. The average molecular weight is 399 g/mol. The fourth-order valence-electron chi connectivity index (χ4n) is 3.90. The molecule has 0 unspecified atom stereocenters. The lowest BCUT2D eigenvalue weighted by molar-refractivity contribution is 0.0512. The smallest absolute Gasteiger partial charge is 0.191 e. The quantitative estimate of drug-likeness (QED) is 0.546. The summed E-state index contributed by atoms with van der Waals surface area (Å²) in [4.78, 5) is 4.72. The van der Waals surface area contributed by atoms with Crippen molar-refractivity contribution in [2.24, 2.45) is 4.99 Å². The summed E-state index contributed by atoms with van der Waals surface area (Å²) in [5.41, 5.74) is 3.76. The van der Waals surface area contributed by atoms with E-state index in [9.17, 15) is 0 Å². The van der Waals surface area contributed by atoms with Gasteiger partial charge in [0.2, 0.25) is 0 Å². The molecule has 0 amide bonds. The fourth-order valence-corrected chi connectivity index (χ4v) is 3.90. The van der Waals surface area contributed by atoms with Crippen molar-refractivity contribution < 1.29 is 9.26 Å². The van der Waals surface area contributed by atoms with E-state index in [1.165, 1.54) is 11.1 Å². The number of benzene rings is 1. The Morgan fingerprint density at radius 2 is 1.97 bits per heavy atom. The van der Waals surface area contributed by atoms with Gasteiger partial charge in [0.05, 0.1) is 5.69 Å². The normalized spacial score (nSPS) is 16.8. The number of nitrogens with one attached hydrogen (secondary N) is 2. The van der Waals surface area contributed by atoms with Crippen molar-refractivity contribution in [1.82, 2.24) is 15.8 Å². The first-order valence-corrected chi connectivity index (χ1v) is 10.7. The van der Waals surface area contributed by atoms with Crippen molar-refractivity contribution in [1.29, 1.82) is 0 Å². The van der Waals surface area contributed by atoms with Crippen LogP contribution in [-0.2, 0) is 16.7 Å². The number of ether oxygens (including phenoxy) is 1. The van der Waals surface area contributed by atoms with Crippen LogP contribution in [0.4, 0.5) is 0 Å². The van der Waals surface area contributed by atoms with Crippen LogP contribution >= 0.6 is 0 Å². The molecule has 0 atom stereocenters. The van der Waals surface area contributed by atoms with Crippen LogP contribution in [0.15, 0.2) is 39.8 Å². The van der Waals surface area contributed by atoms with Gasteiger partial charge in [-0.1, -0.05) is 43.3 Å². The van der Waals surface area contributed by atoms with Crippen molar-refractivity contribution in [2.75, 3.05) is 26.3 Å². The summed E-state index contributed by atoms with van der Waals surface area (Å²) < 4.78 is 11.1. The molecule has 29 heavy (non-hydrogen) atoms. The zero-order chi connectivity index (χ0) is 20.7. The number of aryl methyl sites for hydroxylation is 1. The molecule has 3 rings (SSSR count). The van der Waals surface area contributed by atoms with E-state index in [0.717, 1.165) is 56.6 Å². The Morgan fingerprint density at radius 1 is 1.21 bits per heavy atom. The predicted molar refractivity (Wildman–Crippen MR) is 116 cm³/mol. The van der Waals surface area contributed by atoms with Crippen LogP contribution in [0.25, 0.3) is 0 Å². The summed E-state index contributed by atoms with van der Waals surface area (Å²) >= 11 is 0. The molecular formula is C23H34N4O2. The lowest BCUT2D eigenvalue weighted by Crippen LogP contribution is -2.48. The molecule has 158 valence electrons. The first-order chi connectivity index (χ1) is 14.0. The van der Waals surface area contributed by atoms with Gasteiger partial charge in [-0.2, -0.15) is 0 Å². The van der Waals surface area contributed by atoms with E-state index in [1.807, 2.05) is 6.07 Å². The van der Waals surface area contributed by atoms with Crippen molar-refractivity contribution in [3.8, 4) is 0 Å². The summed E-state index contributed by atoms with van der Waals surface area (Å²) in [6, 6.07) is 10.7. The summed E-state index contributed by atoms with van der Waals surface area (Å²) in [7, 11) is 0. The number of hydrogen-bond acceptors (Lipinski definition) is 4. The lowest BCUT2D eigenvalue weighted by atomic mass is 9.72. The minimum atomic E-state index is 0.0524. The molecular weight excluding hydrogens is 364 g/mol. The summed E-state index contributed by atoms with van der Waals surface area (Å²) in [5.74, 6) is 1.94. The highest BCUT2D eigenvalue weighted by Crippen LogP contribution is 2.36. The molecule has 6 nitrogen and oxygen atoms in total. The lowest BCUT2D eigenvalue weighted by Gasteiger charge is -2.39. The third-order valence-corrected chi connectivity index (χ3v) is 5.67. The molecule has 1 aliphatic rings. The Balaban J connectivity index is 1.73. The molecule has 1 saturated heterocycles. The molecule has 0 spiro atoms. The van der Waals surface area contributed by atoms with Gasteiger partial charge in [-0.05, 0) is 43.7 Å². The summed E-state index contributed by atoms with van der Waals surface area (Å²) in [6.07, 6.45) is 2.01. The van der Waals surface area contributed by atoms with Crippen LogP contribution in [0.1, 0.15) is 62.1 Å². The number of guanidine groups is 1. The van der Waals surface area contributed by atoms with Crippen LogP contribution in [0, 0.1) is 6.92 Å². The second-order valence-electron chi connectivity index (χ2n) is 8.13. The van der Waals surface area contributed by atoms with E-state index in [4.69, 9.17) is 14.3 Å². The van der Waals surface area contributed by atoms with Gasteiger partial charge in [-0.3, -0.25) is 0 Å². The second-order valence-corrected chi connectivity index (χ2v) is 8.13. The first-order valence-electron chi connectivity index (χ1n) is 10.7. The second kappa shape index (κ2) is 9.92. The standard InChI is InChI=1S/C23H34N4O2/c1-5-24-22(25-15-19-14-21(17(2)3)27-29-19)26-16-23(10-12-28-13-11-23)20-9-7-6-8-18(20)4/h6-9,14,17H,5,10-13,15-16H2,1-4H3,(H2,24,25,26). The zero-order valence-electron chi connectivity index (χ0n) is 18.1. The van der Waals surface area contributed by atoms with E-state index < -0.39 is 0 Å². The van der Waals surface area contributed by atoms with Crippen molar-refractivity contribution in [3.63, 3.8) is 0 Å². The van der Waals surface area contributed by atoms with Crippen molar-refractivity contribution in [3.05, 3.63) is 52.9 Å². The summed E-state index contributed by atoms with van der Waals surface area (Å²) in [6.45, 7) is 12.2. The maximum atomic E-state index is 5.67. The van der Waals surface area contributed by atoms with Gasteiger partial charge in [-0.25, -0.2) is 4.99 Å². The van der Waals surface area contributed by atoms with Crippen LogP contribution < -0.4 is 10.6 Å². The number of hydrogen-bond donors (Lipinski definition) is 2. The minimum Gasteiger partial charge on any atom is -0.381 e. The first kappa shape index (κ1) is 21.4. The molecule has 0 aliphatic carbocycles. The highest BCUT2D eigenvalue weighted by atomic mass is 16.5. The predicted octanol–water partition coefficient (Wildman–Crippen LogP) is 3.91. The van der Waals surface area contributed by atoms with Gasteiger partial charge in [-0.15, -0.1) is 0 Å². The van der Waals surface area contributed by atoms with Gasteiger partial charge in [0.25, 0.3) is 0 Å². The highest BCUT2D eigenvalue weighted by molar-refractivity contribution is 5.79. The Morgan fingerprint density at radius 3 is 2.62 bits per heavy atom. The van der Waals surface area contributed by atoms with Gasteiger partial charge >= 0.3 is 0 Å². The highest BCUT2D eigenvalue weighted by Gasteiger charge is 2.35. The maximum absolute atomic E-state index is 5.67. The topological polar surface area (TPSA) is 71.7 Å². The molecule has 0 saturated carbocycles. The number of nitrogens with zero attached hydrogens (tertiary/aromatic N) is 2. The van der Waals surface area contributed by atoms with Gasteiger partial charge < -0.3 is 19.9 Å².